The van der Waals surface area contributed by atoms with E-state index in [9.17, 15) is 14.3 Å². The van der Waals surface area contributed by atoms with Gasteiger partial charge in [-0.1, -0.05) is 30.6 Å². The highest BCUT2D eigenvalue weighted by atomic mass is 32.1. The minimum Gasteiger partial charge on any atom is -0.384 e. The van der Waals surface area contributed by atoms with E-state index >= 15 is 0 Å². The van der Waals surface area contributed by atoms with Gasteiger partial charge in [-0.05, 0) is 44.0 Å². The molecule has 0 spiro atoms. The van der Waals surface area contributed by atoms with Crippen molar-refractivity contribution in [3.8, 4) is 10.6 Å². The highest BCUT2D eigenvalue weighted by molar-refractivity contribution is 7.18. The average Bonchev–Trinajstić information content (AvgIpc) is 3.30. The lowest BCUT2D eigenvalue weighted by atomic mass is 9.84. The van der Waals surface area contributed by atoms with Crippen molar-refractivity contribution in [2.24, 2.45) is 0 Å². The highest BCUT2D eigenvalue weighted by Crippen LogP contribution is 2.40. The fraction of sp³-hybridized carbons (Fsp3) is 0.350. The minimum absolute atomic E-state index is 0.278. The molecule has 0 bridgehead atoms. The predicted octanol–water partition coefficient (Wildman–Crippen LogP) is 5.12. The monoisotopic (exact) mass is 417 g/mol. The summed E-state index contributed by atoms with van der Waals surface area (Å²) in [7, 11) is 0. The number of nitrogens with one attached hydrogen (secondary N) is 1. The van der Waals surface area contributed by atoms with E-state index in [2.05, 4.69) is 15.3 Å². The lowest BCUT2D eigenvalue weighted by Crippen LogP contribution is -2.27. The van der Waals surface area contributed by atoms with Gasteiger partial charge in [0.1, 0.15) is 21.3 Å². The molecule has 28 heavy (non-hydrogen) atoms. The molecule has 1 saturated carbocycles. The van der Waals surface area contributed by atoms with Crippen LogP contribution < -0.4 is 5.32 Å². The zero-order valence-corrected chi connectivity index (χ0v) is 17.0. The summed E-state index contributed by atoms with van der Waals surface area (Å²) in [6, 6.07) is 6.04. The van der Waals surface area contributed by atoms with Crippen LogP contribution in [0, 0.1) is 12.7 Å². The summed E-state index contributed by atoms with van der Waals surface area (Å²) in [5.41, 5.74) is 0.559. The summed E-state index contributed by atoms with van der Waals surface area (Å²) in [4.78, 5) is 22.7. The summed E-state index contributed by atoms with van der Waals surface area (Å²) in [6.07, 6.45) is 6.28. The van der Waals surface area contributed by atoms with E-state index in [1.165, 1.54) is 34.8 Å². The molecule has 4 rings (SSSR count). The summed E-state index contributed by atoms with van der Waals surface area (Å²) in [5, 5.41) is 14.8. The Morgan fingerprint density at radius 1 is 1.18 bits per heavy atom. The van der Waals surface area contributed by atoms with Gasteiger partial charge in [0.05, 0.1) is 10.6 Å². The van der Waals surface area contributed by atoms with Gasteiger partial charge in [-0.3, -0.25) is 10.1 Å². The van der Waals surface area contributed by atoms with Crippen LogP contribution in [0.2, 0.25) is 0 Å². The predicted molar refractivity (Wildman–Crippen MR) is 109 cm³/mol. The first-order valence-corrected chi connectivity index (χ1v) is 10.8. The fourth-order valence-corrected chi connectivity index (χ4v) is 5.33. The van der Waals surface area contributed by atoms with Gasteiger partial charge in [-0.25, -0.2) is 14.4 Å². The van der Waals surface area contributed by atoms with Crippen molar-refractivity contribution < 1.29 is 14.3 Å². The Balaban J connectivity index is 1.51. The second-order valence-corrected chi connectivity index (χ2v) is 9.05. The van der Waals surface area contributed by atoms with Crippen LogP contribution in [-0.2, 0) is 5.60 Å². The molecule has 0 unspecified atom stereocenters. The van der Waals surface area contributed by atoms with Crippen molar-refractivity contribution in [1.82, 2.24) is 9.97 Å². The van der Waals surface area contributed by atoms with E-state index < -0.39 is 5.60 Å². The molecule has 146 valence electrons. The van der Waals surface area contributed by atoms with Gasteiger partial charge < -0.3 is 5.11 Å². The van der Waals surface area contributed by atoms with Crippen molar-refractivity contribution in [3.63, 3.8) is 0 Å². The minimum atomic E-state index is -0.824. The number of nitrogens with zero attached hydrogens (tertiary/aromatic N) is 2. The van der Waals surface area contributed by atoms with Crippen LogP contribution in [0.3, 0.4) is 0 Å². The molecule has 1 amide bonds. The van der Waals surface area contributed by atoms with Crippen LogP contribution >= 0.6 is 22.7 Å². The standard InChI is InChI=1S/C20H20FN3O2S2/c1-12-16(28-18(23-12)13-5-7-14(21)8-6-13)17(25)24-19-22-11-15(27-19)20(26)9-3-2-4-10-20/h5-8,11,26H,2-4,9-10H2,1H3,(H,22,24,25). The van der Waals surface area contributed by atoms with Crippen LogP contribution in [0.5, 0.6) is 0 Å². The average molecular weight is 418 g/mol. The third-order valence-corrected chi connectivity index (χ3v) is 7.27. The first kappa shape index (κ1) is 19.2. The number of aliphatic hydroxyl groups is 1. The molecule has 5 nitrogen and oxygen atoms in total. The molecule has 0 radical (unpaired) electrons. The number of carbonyl (C=O) groups excluding carboxylic acids is 1. The van der Waals surface area contributed by atoms with Gasteiger partial charge in [0.15, 0.2) is 5.13 Å². The largest absolute Gasteiger partial charge is 0.384 e. The molecule has 1 aliphatic carbocycles. The number of aryl methyl sites for hydroxylation is 1. The van der Waals surface area contributed by atoms with Gasteiger partial charge in [0, 0.05) is 11.8 Å². The Morgan fingerprint density at radius 3 is 2.61 bits per heavy atom. The lowest BCUT2D eigenvalue weighted by Gasteiger charge is -2.30. The van der Waals surface area contributed by atoms with Crippen molar-refractivity contribution in [2.45, 2.75) is 44.6 Å². The maximum absolute atomic E-state index is 13.1. The van der Waals surface area contributed by atoms with E-state index in [1.807, 2.05) is 0 Å². The normalized spacial score (nSPS) is 16.1. The van der Waals surface area contributed by atoms with Crippen molar-refractivity contribution >= 4 is 33.7 Å². The molecule has 0 atom stereocenters. The number of carbonyl (C=O) groups is 1. The maximum atomic E-state index is 13.1. The molecule has 0 aliphatic heterocycles. The second-order valence-electron chi connectivity index (χ2n) is 7.02. The first-order valence-electron chi connectivity index (χ1n) is 9.18. The quantitative estimate of drug-likeness (QED) is 0.618. The van der Waals surface area contributed by atoms with Gasteiger partial charge in [0.25, 0.3) is 5.91 Å². The number of aromatic nitrogens is 2. The van der Waals surface area contributed by atoms with Crippen molar-refractivity contribution in [2.75, 3.05) is 5.32 Å². The maximum Gasteiger partial charge on any atom is 0.269 e. The van der Waals surface area contributed by atoms with E-state index in [0.717, 1.165) is 42.5 Å². The van der Waals surface area contributed by atoms with Crippen LogP contribution in [-0.4, -0.2) is 21.0 Å². The Morgan fingerprint density at radius 2 is 1.89 bits per heavy atom. The Hall–Kier alpha value is -2.16. The Kier molecular flexibility index (Phi) is 5.27. The van der Waals surface area contributed by atoms with Gasteiger partial charge in [-0.2, -0.15) is 0 Å². The fourth-order valence-electron chi connectivity index (χ4n) is 3.41. The number of anilines is 1. The zero-order chi connectivity index (χ0) is 19.7. The first-order chi connectivity index (χ1) is 13.4. The number of benzene rings is 1. The Labute approximate surface area is 170 Å². The van der Waals surface area contributed by atoms with E-state index in [-0.39, 0.29) is 11.7 Å². The van der Waals surface area contributed by atoms with E-state index in [0.29, 0.717) is 20.7 Å². The van der Waals surface area contributed by atoms with Gasteiger partial charge in [-0.15, -0.1) is 11.3 Å². The van der Waals surface area contributed by atoms with E-state index in [1.54, 1.807) is 25.3 Å². The molecule has 2 N–H and O–H groups in total. The molecule has 2 heterocycles. The van der Waals surface area contributed by atoms with Crippen LogP contribution in [0.4, 0.5) is 9.52 Å². The third-order valence-electron chi connectivity index (χ3n) is 4.96. The van der Waals surface area contributed by atoms with Gasteiger partial charge >= 0.3 is 0 Å². The molecule has 2 aromatic heterocycles. The summed E-state index contributed by atoms with van der Waals surface area (Å²) < 4.78 is 13.1. The molecular formula is C20H20FN3O2S2. The highest BCUT2D eigenvalue weighted by Gasteiger charge is 2.33. The molecule has 1 aliphatic rings. The van der Waals surface area contributed by atoms with E-state index in [4.69, 9.17) is 0 Å². The van der Waals surface area contributed by atoms with Crippen molar-refractivity contribution in [1.29, 1.82) is 0 Å². The van der Waals surface area contributed by atoms with Crippen LogP contribution in [0.25, 0.3) is 10.6 Å². The third kappa shape index (κ3) is 3.85. The summed E-state index contributed by atoms with van der Waals surface area (Å²) in [5.74, 6) is -0.589. The topological polar surface area (TPSA) is 75.1 Å². The number of rotatable bonds is 4. The molecule has 1 aromatic carbocycles. The molecule has 8 heteroatoms. The number of halogens is 1. The molecule has 0 saturated heterocycles. The lowest BCUT2D eigenvalue weighted by molar-refractivity contribution is 0.00264. The SMILES string of the molecule is Cc1nc(-c2ccc(F)cc2)sc1C(=O)Nc1ncc(C2(O)CCCCC2)s1. The second kappa shape index (κ2) is 7.69. The zero-order valence-electron chi connectivity index (χ0n) is 15.4. The summed E-state index contributed by atoms with van der Waals surface area (Å²) in [6.45, 7) is 1.77. The number of hydrogen-bond acceptors (Lipinski definition) is 6. The number of amides is 1. The number of hydrogen-bond donors (Lipinski definition) is 2. The number of thiazole rings is 2. The van der Waals surface area contributed by atoms with Gasteiger partial charge in [0.2, 0.25) is 0 Å². The van der Waals surface area contributed by atoms with Crippen LogP contribution in [0.1, 0.15) is 52.3 Å². The molecular weight excluding hydrogens is 397 g/mol. The van der Waals surface area contributed by atoms with Crippen LogP contribution in [0.15, 0.2) is 30.5 Å². The van der Waals surface area contributed by atoms with Crippen molar-refractivity contribution in [3.05, 3.63) is 51.7 Å². The Bertz CT molecular complexity index is 991. The smallest absolute Gasteiger partial charge is 0.269 e. The summed E-state index contributed by atoms with van der Waals surface area (Å²) >= 11 is 2.58. The molecule has 3 aromatic rings. The molecule has 1 fully saturated rings.